The summed E-state index contributed by atoms with van der Waals surface area (Å²) in [5.41, 5.74) is 5.81. The molecule has 0 spiro atoms. The smallest absolute Gasteiger partial charge is 0.256 e. The Labute approximate surface area is 171 Å². The van der Waals surface area contributed by atoms with Gasteiger partial charge in [0.15, 0.2) is 0 Å². The summed E-state index contributed by atoms with van der Waals surface area (Å²) in [6, 6.07) is 9.48. The number of amides is 1. The molecule has 1 aliphatic carbocycles. The zero-order chi connectivity index (χ0) is 19.3. The maximum absolute atomic E-state index is 12.9. The van der Waals surface area contributed by atoms with Crippen LogP contribution in [0.3, 0.4) is 0 Å². The van der Waals surface area contributed by atoms with Crippen molar-refractivity contribution in [2.45, 2.75) is 57.7 Å². The molecule has 4 nitrogen and oxygen atoms in total. The minimum atomic E-state index is 0.0240. The molecule has 3 aliphatic rings. The van der Waals surface area contributed by atoms with E-state index in [0.29, 0.717) is 17.3 Å². The number of nitrogens with zero attached hydrogens (tertiary/aromatic N) is 3. The summed E-state index contributed by atoms with van der Waals surface area (Å²) in [6.45, 7) is 5.05. The predicted molar refractivity (Wildman–Crippen MR) is 111 cm³/mol. The summed E-state index contributed by atoms with van der Waals surface area (Å²) >= 11 is 6.04. The quantitative estimate of drug-likeness (QED) is 0.722. The Morgan fingerprint density at radius 2 is 1.93 bits per heavy atom. The number of carbonyl (C=O) groups excluding carboxylic acids is 1. The first kappa shape index (κ1) is 18.1. The van der Waals surface area contributed by atoms with Crippen molar-refractivity contribution in [2.24, 2.45) is 0 Å². The van der Waals surface area contributed by atoms with Crippen LogP contribution in [0.5, 0.6) is 0 Å². The van der Waals surface area contributed by atoms with Crippen molar-refractivity contribution >= 4 is 17.5 Å². The van der Waals surface area contributed by atoms with Gasteiger partial charge in [0.2, 0.25) is 0 Å². The van der Waals surface area contributed by atoms with E-state index in [1.807, 2.05) is 11.0 Å². The number of carbonyl (C=O) groups is 1. The number of aromatic nitrogens is 1. The molecule has 0 N–H and O–H groups in total. The highest BCUT2D eigenvalue weighted by atomic mass is 35.5. The van der Waals surface area contributed by atoms with Gasteiger partial charge in [-0.05, 0) is 60.9 Å². The van der Waals surface area contributed by atoms with E-state index in [2.05, 4.69) is 35.0 Å². The standard InChI is InChI=1S/C23H26ClN3O/c1-15-20-12-22(24)25-13-21(20)23(28)27(15)14-16-5-6-17-7-9-26(19-3-2-4-19)10-8-18(17)11-16/h5-6,11-13,15,19H,2-4,7-10,14H2,1H3. The molecule has 1 unspecified atom stereocenters. The van der Waals surface area contributed by atoms with Crippen molar-refractivity contribution in [3.63, 3.8) is 0 Å². The number of halogens is 1. The predicted octanol–water partition coefficient (Wildman–Crippen LogP) is 4.41. The van der Waals surface area contributed by atoms with Crippen LogP contribution in [-0.4, -0.2) is 39.8 Å². The first-order valence-electron chi connectivity index (χ1n) is 10.4. The normalized spacial score (nSPS) is 22.6. The molecule has 2 aliphatic heterocycles. The number of rotatable bonds is 3. The number of fused-ring (bicyclic) bond motifs is 2. The molecule has 1 amide bonds. The molecule has 1 atom stereocenters. The maximum Gasteiger partial charge on any atom is 0.256 e. The van der Waals surface area contributed by atoms with Crippen molar-refractivity contribution in [2.75, 3.05) is 13.1 Å². The maximum atomic E-state index is 12.9. The third-order valence-corrected chi connectivity index (χ3v) is 7.07. The van der Waals surface area contributed by atoms with Crippen LogP contribution in [0.1, 0.15) is 64.8 Å². The van der Waals surface area contributed by atoms with Crippen molar-refractivity contribution in [1.82, 2.24) is 14.8 Å². The van der Waals surface area contributed by atoms with Gasteiger partial charge in [0.25, 0.3) is 5.91 Å². The number of hydrogen-bond acceptors (Lipinski definition) is 3. The topological polar surface area (TPSA) is 36.4 Å². The van der Waals surface area contributed by atoms with Gasteiger partial charge in [-0.1, -0.05) is 36.2 Å². The van der Waals surface area contributed by atoms with Crippen LogP contribution in [0.15, 0.2) is 30.5 Å². The molecule has 146 valence electrons. The molecule has 2 aromatic rings. The molecule has 1 fully saturated rings. The molecular formula is C23H26ClN3O. The largest absolute Gasteiger partial charge is 0.327 e. The average Bonchev–Trinajstić information content (AvgIpc) is 2.79. The average molecular weight is 396 g/mol. The highest BCUT2D eigenvalue weighted by molar-refractivity contribution is 6.29. The lowest BCUT2D eigenvalue weighted by molar-refractivity contribution is 0.0722. The van der Waals surface area contributed by atoms with E-state index in [4.69, 9.17) is 11.6 Å². The lowest BCUT2D eigenvalue weighted by Crippen LogP contribution is -2.41. The molecule has 0 saturated heterocycles. The van der Waals surface area contributed by atoms with E-state index in [9.17, 15) is 4.79 Å². The summed E-state index contributed by atoms with van der Waals surface area (Å²) in [7, 11) is 0. The van der Waals surface area contributed by atoms with E-state index in [-0.39, 0.29) is 11.9 Å². The number of pyridine rings is 1. The molecule has 0 radical (unpaired) electrons. The van der Waals surface area contributed by atoms with Gasteiger partial charge < -0.3 is 4.90 Å². The van der Waals surface area contributed by atoms with E-state index >= 15 is 0 Å². The Morgan fingerprint density at radius 1 is 1.14 bits per heavy atom. The van der Waals surface area contributed by atoms with Crippen LogP contribution >= 0.6 is 11.6 Å². The minimum Gasteiger partial charge on any atom is -0.327 e. The summed E-state index contributed by atoms with van der Waals surface area (Å²) in [6.07, 6.45) is 8.00. The van der Waals surface area contributed by atoms with Gasteiger partial charge in [-0.25, -0.2) is 4.98 Å². The molecule has 1 saturated carbocycles. The van der Waals surface area contributed by atoms with Crippen molar-refractivity contribution in [3.05, 3.63) is 63.4 Å². The Bertz CT molecular complexity index is 924. The summed E-state index contributed by atoms with van der Waals surface area (Å²) in [5, 5.41) is 0.446. The molecule has 5 heteroatoms. The summed E-state index contributed by atoms with van der Waals surface area (Å²) in [4.78, 5) is 21.6. The van der Waals surface area contributed by atoms with Crippen LogP contribution in [0, 0.1) is 0 Å². The van der Waals surface area contributed by atoms with Crippen LogP contribution in [-0.2, 0) is 19.4 Å². The fourth-order valence-corrected chi connectivity index (χ4v) is 5.05. The van der Waals surface area contributed by atoms with E-state index in [1.165, 1.54) is 42.5 Å². The van der Waals surface area contributed by atoms with Gasteiger partial charge in [-0.15, -0.1) is 0 Å². The van der Waals surface area contributed by atoms with Crippen LogP contribution < -0.4 is 0 Å². The van der Waals surface area contributed by atoms with Gasteiger partial charge >= 0.3 is 0 Å². The van der Waals surface area contributed by atoms with Gasteiger partial charge in [-0.3, -0.25) is 9.69 Å². The first-order chi connectivity index (χ1) is 13.6. The van der Waals surface area contributed by atoms with Crippen molar-refractivity contribution in [3.8, 4) is 0 Å². The van der Waals surface area contributed by atoms with E-state index in [0.717, 1.165) is 31.0 Å². The SMILES string of the molecule is CC1c2cc(Cl)ncc2C(=O)N1Cc1ccc2c(c1)CCN(C1CCC1)CC2. The number of benzene rings is 1. The van der Waals surface area contributed by atoms with Crippen LogP contribution in [0.4, 0.5) is 0 Å². The van der Waals surface area contributed by atoms with E-state index in [1.54, 1.807) is 6.20 Å². The second kappa shape index (κ2) is 7.16. The second-order valence-electron chi connectivity index (χ2n) is 8.43. The highest BCUT2D eigenvalue weighted by Crippen LogP contribution is 2.35. The van der Waals surface area contributed by atoms with Gasteiger partial charge in [0.05, 0.1) is 11.6 Å². The molecular weight excluding hydrogens is 370 g/mol. The lowest BCUT2D eigenvalue weighted by atomic mass is 9.91. The first-order valence-corrected chi connectivity index (χ1v) is 10.8. The minimum absolute atomic E-state index is 0.0240. The third kappa shape index (κ3) is 3.13. The Morgan fingerprint density at radius 3 is 2.68 bits per heavy atom. The molecule has 1 aromatic carbocycles. The molecule has 3 heterocycles. The Hall–Kier alpha value is -1.91. The van der Waals surface area contributed by atoms with Crippen molar-refractivity contribution < 1.29 is 4.79 Å². The monoisotopic (exact) mass is 395 g/mol. The zero-order valence-electron chi connectivity index (χ0n) is 16.3. The molecule has 28 heavy (non-hydrogen) atoms. The summed E-state index contributed by atoms with van der Waals surface area (Å²) < 4.78 is 0. The molecule has 1 aromatic heterocycles. The molecule has 0 bridgehead atoms. The van der Waals surface area contributed by atoms with Gasteiger partial charge in [0.1, 0.15) is 5.15 Å². The lowest BCUT2D eigenvalue weighted by Gasteiger charge is -2.36. The Kier molecular flexibility index (Phi) is 4.64. The van der Waals surface area contributed by atoms with Gasteiger partial charge in [-0.2, -0.15) is 0 Å². The fraction of sp³-hybridized carbons (Fsp3) is 0.478. The third-order valence-electron chi connectivity index (χ3n) is 6.86. The summed E-state index contributed by atoms with van der Waals surface area (Å²) in [5.74, 6) is 0.0535. The molecule has 5 rings (SSSR count). The second-order valence-corrected chi connectivity index (χ2v) is 8.81. The van der Waals surface area contributed by atoms with Crippen LogP contribution in [0.2, 0.25) is 5.15 Å². The zero-order valence-corrected chi connectivity index (χ0v) is 17.1. The van der Waals surface area contributed by atoms with Gasteiger partial charge in [0, 0.05) is 31.9 Å². The number of hydrogen-bond donors (Lipinski definition) is 0. The Balaban J connectivity index is 1.33. The van der Waals surface area contributed by atoms with Crippen molar-refractivity contribution in [1.29, 1.82) is 0 Å². The highest BCUT2D eigenvalue weighted by Gasteiger charge is 2.34. The van der Waals surface area contributed by atoms with E-state index < -0.39 is 0 Å². The fourth-order valence-electron chi connectivity index (χ4n) is 4.88. The van der Waals surface area contributed by atoms with Crippen LogP contribution in [0.25, 0.3) is 0 Å².